The van der Waals surface area contributed by atoms with E-state index in [-0.39, 0.29) is 6.03 Å². The van der Waals surface area contributed by atoms with Gasteiger partial charge in [-0.3, -0.25) is 9.88 Å². The van der Waals surface area contributed by atoms with E-state index in [9.17, 15) is 4.79 Å². The van der Waals surface area contributed by atoms with Crippen LogP contribution in [-0.4, -0.2) is 48.3 Å². The molecule has 0 unspecified atom stereocenters. The lowest BCUT2D eigenvalue weighted by molar-refractivity contribution is 0.0336. The van der Waals surface area contributed by atoms with Gasteiger partial charge in [0, 0.05) is 42.8 Å². The number of nitrogens with one attached hydrogen (secondary N) is 2. The summed E-state index contributed by atoms with van der Waals surface area (Å²) < 4.78 is 5.46. The number of nitrogens with zero attached hydrogens (tertiary/aromatic N) is 2. The molecule has 0 spiro atoms. The van der Waals surface area contributed by atoms with E-state index in [0.29, 0.717) is 12.0 Å². The summed E-state index contributed by atoms with van der Waals surface area (Å²) in [6.07, 6.45) is 12.3. The molecular formula is C32H40N4O2. The molecule has 6 rings (SSSR count). The molecule has 0 radical (unpaired) electrons. The summed E-state index contributed by atoms with van der Waals surface area (Å²) in [6.45, 7) is 4.36. The summed E-state index contributed by atoms with van der Waals surface area (Å²) in [6, 6.07) is 17.0. The standard InChI is InChI=1S/C32H40N4O2/c37-32(34-30-12-6-11-27(30)23-7-2-1-3-8-23)35-31-16-15-26(28-9-4-5-10-29(28)31)24-13-14-25(33-21-24)22-36-17-19-38-20-18-36/h4-5,9-10,13-16,21,23,27,30H,1-3,6-8,11-12,17-20,22H2,(H2,34,35,37)/t27-,30+/m0/s1. The van der Waals surface area contributed by atoms with Crippen molar-refractivity contribution in [3.8, 4) is 11.1 Å². The van der Waals surface area contributed by atoms with Gasteiger partial charge in [-0.2, -0.15) is 0 Å². The van der Waals surface area contributed by atoms with Crippen LogP contribution in [0.15, 0.2) is 54.7 Å². The van der Waals surface area contributed by atoms with E-state index in [4.69, 9.17) is 9.72 Å². The van der Waals surface area contributed by atoms with E-state index >= 15 is 0 Å². The van der Waals surface area contributed by atoms with Crippen LogP contribution in [0.2, 0.25) is 0 Å². The molecule has 6 nitrogen and oxygen atoms in total. The molecule has 0 bridgehead atoms. The molecule has 2 atom stereocenters. The number of ether oxygens (including phenoxy) is 1. The number of hydrogen-bond donors (Lipinski definition) is 2. The molecule has 3 fully saturated rings. The third kappa shape index (κ3) is 5.71. The smallest absolute Gasteiger partial charge is 0.319 e. The molecule has 3 aliphatic rings. The highest BCUT2D eigenvalue weighted by molar-refractivity contribution is 6.07. The Kier molecular flexibility index (Phi) is 7.89. The number of carbonyl (C=O) groups excluding carboxylic acids is 1. The van der Waals surface area contributed by atoms with Gasteiger partial charge in [-0.05, 0) is 47.8 Å². The summed E-state index contributed by atoms with van der Waals surface area (Å²) in [4.78, 5) is 20.3. The minimum atomic E-state index is -0.0789. The maximum absolute atomic E-state index is 13.2. The second kappa shape index (κ2) is 11.8. The number of benzene rings is 2. The minimum Gasteiger partial charge on any atom is -0.379 e. The van der Waals surface area contributed by atoms with Crippen molar-refractivity contribution in [2.24, 2.45) is 11.8 Å². The zero-order valence-electron chi connectivity index (χ0n) is 22.3. The van der Waals surface area contributed by atoms with Crippen LogP contribution in [0.1, 0.15) is 57.1 Å². The molecule has 200 valence electrons. The Labute approximate surface area is 226 Å². The molecule has 2 aromatic carbocycles. The molecule has 2 heterocycles. The average Bonchev–Trinajstić information content (AvgIpc) is 3.43. The number of carbonyl (C=O) groups is 1. The quantitative estimate of drug-likeness (QED) is 0.390. The Morgan fingerprint density at radius 3 is 2.50 bits per heavy atom. The highest BCUT2D eigenvalue weighted by Gasteiger charge is 2.35. The maximum atomic E-state index is 13.2. The SMILES string of the molecule is O=C(Nc1ccc(-c2ccc(CN3CCOCC3)nc2)c2ccccc12)N[C@@H]1CCC[C@H]1C1CCCCC1. The summed E-state index contributed by atoms with van der Waals surface area (Å²) in [5.74, 6) is 1.42. The lowest BCUT2D eigenvalue weighted by Gasteiger charge is -2.32. The van der Waals surface area contributed by atoms with Crippen molar-refractivity contribution in [3.63, 3.8) is 0 Å². The molecule has 2 saturated carbocycles. The maximum Gasteiger partial charge on any atom is 0.319 e. The van der Waals surface area contributed by atoms with Gasteiger partial charge in [-0.1, -0.05) is 74.9 Å². The van der Waals surface area contributed by atoms with E-state index in [1.807, 2.05) is 18.3 Å². The van der Waals surface area contributed by atoms with Gasteiger partial charge in [0.15, 0.2) is 0 Å². The van der Waals surface area contributed by atoms with Crippen molar-refractivity contribution in [2.45, 2.75) is 64.0 Å². The van der Waals surface area contributed by atoms with E-state index in [2.05, 4.69) is 51.9 Å². The predicted molar refractivity (Wildman–Crippen MR) is 153 cm³/mol. The third-order valence-corrected chi connectivity index (χ3v) is 8.94. The second-order valence-electron chi connectivity index (χ2n) is 11.3. The summed E-state index contributed by atoms with van der Waals surface area (Å²) >= 11 is 0. The minimum absolute atomic E-state index is 0.0789. The number of urea groups is 1. The van der Waals surface area contributed by atoms with E-state index in [1.54, 1.807) is 0 Å². The average molecular weight is 513 g/mol. The van der Waals surface area contributed by atoms with Crippen molar-refractivity contribution < 1.29 is 9.53 Å². The fourth-order valence-electron chi connectivity index (χ4n) is 6.95. The molecular weight excluding hydrogens is 472 g/mol. The first-order chi connectivity index (χ1) is 18.7. The molecule has 3 aromatic rings. The Morgan fingerprint density at radius 2 is 1.71 bits per heavy atom. The number of hydrogen-bond acceptors (Lipinski definition) is 4. The normalized spacial score (nSPS) is 22.9. The number of morpholine rings is 1. The summed E-state index contributed by atoms with van der Waals surface area (Å²) in [5, 5.41) is 8.71. The largest absolute Gasteiger partial charge is 0.379 e. The van der Waals surface area contributed by atoms with Gasteiger partial charge in [0.2, 0.25) is 0 Å². The van der Waals surface area contributed by atoms with Crippen LogP contribution in [0, 0.1) is 11.8 Å². The molecule has 6 heteroatoms. The Bertz CT molecular complexity index is 1230. The Morgan fingerprint density at radius 1 is 0.895 bits per heavy atom. The third-order valence-electron chi connectivity index (χ3n) is 8.94. The molecule has 2 aliphatic carbocycles. The monoisotopic (exact) mass is 512 g/mol. The lowest BCUT2D eigenvalue weighted by atomic mass is 9.77. The van der Waals surface area contributed by atoms with Crippen LogP contribution in [0.25, 0.3) is 21.9 Å². The van der Waals surface area contributed by atoms with Crippen LogP contribution in [0.5, 0.6) is 0 Å². The number of aromatic nitrogens is 1. The molecule has 1 saturated heterocycles. The van der Waals surface area contributed by atoms with Gasteiger partial charge in [-0.25, -0.2) is 4.79 Å². The van der Waals surface area contributed by atoms with Crippen LogP contribution in [0.4, 0.5) is 10.5 Å². The molecule has 2 N–H and O–H groups in total. The molecule has 1 aromatic heterocycles. The van der Waals surface area contributed by atoms with Crippen molar-refractivity contribution in [2.75, 3.05) is 31.6 Å². The second-order valence-corrected chi connectivity index (χ2v) is 11.3. The fourth-order valence-corrected chi connectivity index (χ4v) is 6.95. The highest BCUT2D eigenvalue weighted by Crippen LogP contribution is 2.40. The van der Waals surface area contributed by atoms with E-state index in [0.717, 1.165) is 78.5 Å². The number of fused-ring (bicyclic) bond motifs is 1. The zero-order valence-corrected chi connectivity index (χ0v) is 22.3. The summed E-state index contributed by atoms with van der Waals surface area (Å²) in [7, 11) is 0. The predicted octanol–water partition coefficient (Wildman–Crippen LogP) is 6.60. The topological polar surface area (TPSA) is 66.5 Å². The molecule has 2 amide bonds. The van der Waals surface area contributed by atoms with Gasteiger partial charge < -0.3 is 15.4 Å². The van der Waals surface area contributed by atoms with Gasteiger partial charge in [0.25, 0.3) is 0 Å². The Balaban J connectivity index is 1.16. The van der Waals surface area contributed by atoms with Crippen molar-refractivity contribution in [1.82, 2.24) is 15.2 Å². The van der Waals surface area contributed by atoms with Gasteiger partial charge in [-0.15, -0.1) is 0 Å². The highest BCUT2D eigenvalue weighted by atomic mass is 16.5. The van der Waals surface area contributed by atoms with Gasteiger partial charge >= 0.3 is 6.03 Å². The lowest BCUT2D eigenvalue weighted by Crippen LogP contribution is -2.42. The van der Waals surface area contributed by atoms with Crippen LogP contribution < -0.4 is 10.6 Å². The van der Waals surface area contributed by atoms with Crippen molar-refractivity contribution in [1.29, 1.82) is 0 Å². The van der Waals surface area contributed by atoms with E-state index < -0.39 is 0 Å². The first kappa shape index (κ1) is 25.3. The van der Waals surface area contributed by atoms with Crippen LogP contribution >= 0.6 is 0 Å². The summed E-state index contributed by atoms with van der Waals surface area (Å²) in [5.41, 5.74) is 4.15. The van der Waals surface area contributed by atoms with Crippen LogP contribution in [0.3, 0.4) is 0 Å². The van der Waals surface area contributed by atoms with Crippen molar-refractivity contribution >= 4 is 22.5 Å². The first-order valence-electron chi connectivity index (χ1n) is 14.6. The number of anilines is 1. The first-order valence-corrected chi connectivity index (χ1v) is 14.6. The van der Waals surface area contributed by atoms with Gasteiger partial charge in [0.05, 0.1) is 24.6 Å². The zero-order chi connectivity index (χ0) is 25.7. The van der Waals surface area contributed by atoms with Gasteiger partial charge in [0.1, 0.15) is 0 Å². The number of amides is 2. The Hall–Kier alpha value is -2.96. The van der Waals surface area contributed by atoms with Crippen LogP contribution in [-0.2, 0) is 11.3 Å². The fraction of sp³-hybridized carbons (Fsp3) is 0.500. The molecule has 1 aliphatic heterocycles. The number of rotatable bonds is 6. The van der Waals surface area contributed by atoms with Crippen molar-refractivity contribution in [3.05, 3.63) is 60.4 Å². The number of pyridine rings is 1. The van der Waals surface area contributed by atoms with E-state index in [1.165, 1.54) is 44.9 Å². The molecule has 38 heavy (non-hydrogen) atoms.